The van der Waals surface area contributed by atoms with E-state index in [1.54, 1.807) is 6.26 Å². The van der Waals surface area contributed by atoms with Crippen LogP contribution in [0.5, 0.6) is 0 Å². The van der Waals surface area contributed by atoms with Gasteiger partial charge in [-0.25, -0.2) is 0 Å². The summed E-state index contributed by atoms with van der Waals surface area (Å²) < 4.78 is 5.39. The van der Waals surface area contributed by atoms with Crippen molar-refractivity contribution in [1.29, 1.82) is 0 Å². The molecule has 2 aromatic rings. The Balaban J connectivity index is 2.02. The lowest BCUT2D eigenvalue weighted by Gasteiger charge is -2.29. The molecule has 0 spiro atoms. The fourth-order valence-electron chi connectivity index (χ4n) is 3.14. The molecule has 0 aromatic heterocycles. The van der Waals surface area contributed by atoms with E-state index in [0.29, 0.717) is 6.42 Å². The average Bonchev–Trinajstić information content (AvgIpc) is 2.63. The first-order chi connectivity index (χ1) is 12.4. The molecule has 0 aliphatic carbocycles. The first kappa shape index (κ1) is 18.0. The van der Waals surface area contributed by atoms with E-state index in [0.717, 1.165) is 16.7 Å². The Morgan fingerprint density at radius 2 is 1.58 bits per heavy atom. The van der Waals surface area contributed by atoms with Crippen LogP contribution < -0.4 is 0 Å². The summed E-state index contributed by atoms with van der Waals surface area (Å²) in [6.45, 7) is 6.23. The molecule has 0 unspecified atom stereocenters. The van der Waals surface area contributed by atoms with Crippen molar-refractivity contribution in [3.05, 3.63) is 83.6 Å². The van der Waals surface area contributed by atoms with Crippen LogP contribution in [0.25, 0.3) is 0 Å². The van der Waals surface area contributed by atoms with Gasteiger partial charge < -0.3 is 4.74 Å². The zero-order valence-corrected chi connectivity index (χ0v) is 15.5. The van der Waals surface area contributed by atoms with Gasteiger partial charge in [0.05, 0.1) is 5.92 Å². The number of carbonyl (C=O) groups excluding carboxylic acids is 1. The van der Waals surface area contributed by atoms with E-state index in [4.69, 9.17) is 4.74 Å². The van der Waals surface area contributed by atoms with Crippen molar-refractivity contribution in [1.82, 2.24) is 0 Å². The van der Waals surface area contributed by atoms with Gasteiger partial charge in [0.25, 0.3) is 0 Å². The van der Waals surface area contributed by atoms with Crippen molar-refractivity contribution in [2.45, 2.75) is 33.1 Å². The fraction of sp³-hybridized carbons (Fsp3) is 0.292. The maximum Gasteiger partial charge on any atom is 0.315 e. The summed E-state index contributed by atoms with van der Waals surface area (Å²) in [6.07, 6.45) is 2.17. The molecule has 1 aliphatic rings. The van der Waals surface area contributed by atoms with Gasteiger partial charge in [0.1, 0.15) is 6.26 Å². The molecule has 0 bridgehead atoms. The number of esters is 1. The van der Waals surface area contributed by atoms with E-state index in [9.17, 15) is 4.79 Å². The second-order valence-corrected chi connectivity index (χ2v) is 7.69. The van der Waals surface area contributed by atoms with Crippen molar-refractivity contribution in [2.75, 3.05) is 0 Å². The molecular weight excluding hydrogens is 320 g/mol. The molecule has 0 fully saturated rings. The average molecular weight is 344 g/mol. The molecule has 1 aliphatic heterocycles. The van der Waals surface area contributed by atoms with Crippen molar-refractivity contribution < 1.29 is 9.53 Å². The number of hydrogen-bond donors (Lipinski definition) is 0. The molecule has 3 rings (SSSR count). The lowest BCUT2D eigenvalue weighted by Crippen LogP contribution is -2.30. The first-order valence-electron chi connectivity index (χ1n) is 8.97. The molecule has 0 saturated carbocycles. The highest BCUT2D eigenvalue weighted by atomic mass is 16.5. The summed E-state index contributed by atoms with van der Waals surface area (Å²) in [7, 11) is 0. The fourth-order valence-corrected chi connectivity index (χ4v) is 3.14. The summed E-state index contributed by atoms with van der Waals surface area (Å²) in [4.78, 5) is 12.6. The summed E-state index contributed by atoms with van der Waals surface area (Å²) in [5.41, 5.74) is 2.98. The predicted octanol–water partition coefficient (Wildman–Crippen LogP) is 5.12. The van der Waals surface area contributed by atoms with Crippen molar-refractivity contribution in [2.24, 2.45) is 11.3 Å². The van der Waals surface area contributed by atoms with Gasteiger partial charge in [-0.2, -0.15) is 0 Å². The van der Waals surface area contributed by atoms with Crippen LogP contribution in [0.3, 0.4) is 0 Å². The molecule has 2 nitrogen and oxygen atoms in total. The topological polar surface area (TPSA) is 26.3 Å². The molecule has 0 saturated heterocycles. The van der Waals surface area contributed by atoms with Gasteiger partial charge in [-0.15, -0.1) is 0 Å². The SMILES string of the molecule is CC(C)(C)C#CC1=COC(=O)[C@@H](Cc2ccccc2)[C@@H]1c1ccccc1. The second kappa shape index (κ2) is 7.62. The number of rotatable bonds is 3. The summed E-state index contributed by atoms with van der Waals surface area (Å²) in [5, 5.41) is 0. The minimum absolute atomic E-state index is 0.0903. The third kappa shape index (κ3) is 4.43. The monoisotopic (exact) mass is 344 g/mol. The van der Waals surface area contributed by atoms with Gasteiger partial charge in [0.15, 0.2) is 0 Å². The third-order valence-electron chi connectivity index (χ3n) is 4.38. The predicted molar refractivity (Wildman–Crippen MR) is 104 cm³/mol. The Morgan fingerprint density at radius 3 is 2.19 bits per heavy atom. The molecule has 2 aromatic carbocycles. The van der Waals surface area contributed by atoms with E-state index in [-0.39, 0.29) is 23.2 Å². The zero-order chi connectivity index (χ0) is 18.6. The van der Waals surface area contributed by atoms with Crippen LogP contribution in [0.15, 0.2) is 72.5 Å². The van der Waals surface area contributed by atoms with Crippen LogP contribution in [0.1, 0.15) is 37.8 Å². The van der Waals surface area contributed by atoms with Crippen molar-refractivity contribution in [3.8, 4) is 11.8 Å². The number of benzene rings is 2. The summed E-state index contributed by atoms with van der Waals surface area (Å²) in [5.74, 6) is 6.00. The lowest BCUT2D eigenvalue weighted by atomic mass is 9.76. The molecule has 2 atom stereocenters. The standard InChI is InChI=1S/C24H24O2/c1-24(2,3)15-14-20-17-26-23(25)21(16-18-10-6-4-7-11-18)22(20)19-12-8-5-9-13-19/h4-13,17,21-22H,16H2,1-3H3/t21-,22+/m0/s1. The molecule has 26 heavy (non-hydrogen) atoms. The normalized spacial score (nSPS) is 19.8. The molecular formula is C24H24O2. The number of hydrogen-bond acceptors (Lipinski definition) is 2. The summed E-state index contributed by atoms with van der Waals surface area (Å²) >= 11 is 0. The van der Waals surface area contributed by atoms with Gasteiger partial charge in [-0.1, -0.05) is 72.5 Å². The van der Waals surface area contributed by atoms with Gasteiger partial charge in [0, 0.05) is 16.9 Å². The maximum atomic E-state index is 12.6. The van der Waals surface area contributed by atoms with Crippen LogP contribution in [0, 0.1) is 23.2 Å². The van der Waals surface area contributed by atoms with E-state index < -0.39 is 0 Å². The number of cyclic esters (lactones) is 1. The molecule has 1 heterocycles. The number of allylic oxidation sites excluding steroid dienone is 1. The minimum atomic E-state index is -0.283. The molecule has 0 radical (unpaired) electrons. The van der Waals surface area contributed by atoms with E-state index in [1.165, 1.54) is 0 Å². The van der Waals surface area contributed by atoms with Crippen LogP contribution in [-0.4, -0.2) is 5.97 Å². The Hall–Kier alpha value is -2.79. The highest BCUT2D eigenvalue weighted by molar-refractivity contribution is 5.78. The van der Waals surface area contributed by atoms with E-state index in [2.05, 4.69) is 44.7 Å². The lowest BCUT2D eigenvalue weighted by molar-refractivity contribution is -0.144. The van der Waals surface area contributed by atoms with Crippen LogP contribution in [-0.2, 0) is 16.0 Å². The van der Waals surface area contributed by atoms with Gasteiger partial charge >= 0.3 is 5.97 Å². The highest BCUT2D eigenvalue weighted by Crippen LogP contribution is 2.38. The number of ether oxygens (including phenoxy) is 1. The zero-order valence-electron chi connectivity index (χ0n) is 15.5. The van der Waals surface area contributed by atoms with Gasteiger partial charge in [-0.3, -0.25) is 4.79 Å². The summed E-state index contributed by atoms with van der Waals surface area (Å²) in [6, 6.07) is 20.2. The van der Waals surface area contributed by atoms with Crippen molar-refractivity contribution in [3.63, 3.8) is 0 Å². The quantitative estimate of drug-likeness (QED) is 0.571. The Morgan fingerprint density at radius 1 is 0.962 bits per heavy atom. The van der Waals surface area contributed by atoms with E-state index >= 15 is 0 Å². The Kier molecular flexibility index (Phi) is 5.28. The molecule has 2 heteroatoms. The van der Waals surface area contributed by atoms with E-state index in [1.807, 2.05) is 48.5 Å². The first-order valence-corrected chi connectivity index (χ1v) is 8.97. The highest BCUT2D eigenvalue weighted by Gasteiger charge is 2.36. The van der Waals surface area contributed by atoms with Crippen molar-refractivity contribution >= 4 is 5.97 Å². The Bertz CT molecular complexity index is 846. The molecule has 0 amide bonds. The maximum absolute atomic E-state index is 12.6. The minimum Gasteiger partial charge on any atom is -0.433 e. The third-order valence-corrected chi connectivity index (χ3v) is 4.38. The largest absolute Gasteiger partial charge is 0.433 e. The molecule has 0 N–H and O–H groups in total. The Labute approximate surface area is 155 Å². The number of carbonyl (C=O) groups is 1. The van der Waals surface area contributed by atoms with Crippen LogP contribution >= 0.6 is 0 Å². The smallest absolute Gasteiger partial charge is 0.315 e. The van der Waals surface area contributed by atoms with Crippen LogP contribution in [0.2, 0.25) is 0 Å². The van der Waals surface area contributed by atoms with Gasteiger partial charge in [-0.05, 0) is 38.3 Å². The molecule has 132 valence electrons. The second-order valence-electron chi connectivity index (χ2n) is 7.69. The van der Waals surface area contributed by atoms with Crippen LogP contribution in [0.4, 0.5) is 0 Å². The van der Waals surface area contributed by atoms with Gasteiger partial charge in [0.2, 0.25) is 0 Å².